The van der Waals surface area contributed by atoms with Gasteiger partial charge in [0.1, 0.15) is 0 Å². The van der Waals surface area contributed by atoms with E-state index >= 15 is 0 Å². The van der Waals surface area contributed by atoms with Crippen LogP contribution in [0.3, 0.4) is 0 Å². The average Bonchev–Trinajstić information content (AvgIpc) is 2.95. The summed E-state index contributed by atoms with van der Waals surface area (Å²) in [6.45, 7) is 1.83. The molecule has 3 N–H and O–H groups in total. The fraction of sp³-hybridized carbons (Fsp3) is 0.700. The highest BCUT2D eigenvalue weighted by Crippen LogP contribution is 2.26. The molecule has 1 aliphatic heterocycles. The van der Waals surface area contributed by atoms with Crippen molar-refractivity contribution >= 4 is 24.3 Å². The molecule has 1 amide bonds. The van der Waals surface area contributed by atoms with Gasteiger partial charge in [0.25, 0.3) is 0 Å². The van der Waals surface area contributed by atoms with Crippen LogP contribution in [0.2, 0.25) is 0 Å². The molecular weight excluding hydrogens is 299 g/mol. The summed E-state index contributed by atoms with van der Waals surface area (Å²) >= 11 is 0. The maximum Gasteiger partial charge on any atom is 0.451 e. The Morgan fingerprint density at radius 3 is 2.75 bits per heavy atom. The van der Waals surface area contributed by atoms with E-state index < -0.39 is 12.0 Å². The van der Waals surface area contributed by atoms with Gasteiger partial charge in [0.2, 0.25) is 17.7 Å². The predicted molar refractivity (Wildman–Crippen MR) is 67.5 cm³/mol. The molecule has 114 valence electrons. The molecule has 2 rings (SSSR count). The van der Waals surface area contributed by atoms with Gasteiger partial charge in [-0.1, -0.05) is 0 Å². The van der Waals surface area contributed by atoms with Crippen LogP contribution in [0.5, 0.6) is 0 Å². The lowest BCUT2D eigenvalue weighted by Gasteiger charge is -2.06. The number of carbonyl (C=O) groups is 1. The summed E-state index contributed by atoms with van der Waals surface area (Å²) in [6, 6.07) is 0. The third kappa shape index (κ3) is 4.64. The van der Waals surface area contributed by atoms with Gasteiger partial charge in [-0.2, -0.15) is 18.2 Å². The highest BCUT2D eigenvalue weighted by molar-refractivity contribution is 5.88. The molecule has 0 aliphatic carbocycles. The van der Waals surface area contributed by atoms with Crippen LogP contribution in [-0.4, -0.2) is 34.2 Å². The minimum atomic E-state index is -4.59. The third-order valence-corrected chi connectivity index (χ3v) is 2.95. The number of aromatic nitrogens is 3. The topological polar surface area (TPSA) is 82.7 Å². The summed E-state index contributed by atoms with van der Waals surface area (Å²) in [7, 11) is 0. The van der Waals surface area contributed by atoms with Gasteiger partial charge in [-0.25, -0.2) is 0 Å². The first-order chi connectivity index (χ1) is 8.95. The van der Waals surface area contributed by atoms with Gasteiger partial charge < -0.3 is 5.32 Å². The Morgan fingerprint density at radius 2 is 2.20 bits per heavy atom. The summed E-state index contributed by atoms with van der Waals surface area (Å²) in [5.74, 6) is -1.49. The lowest BCUT2D eigenvalue weighted by atomic mass is 10.0. The number of hydrogen-bond donors (Lipinski definition) is 3. The van der Waals surface area contributed by atoms with Crippen LogP contribution in [0.15, 0.2) is 0 Å². The third-order valence-electron chi connectivity index (χ3n) is 2.95. The number of H-pyrrole nitrogens is 1. The van der Waals surface area contributed by atoms with Crippen LogP contribution in [0.25, 0.3) is 0 Å². The number of rotatable bonds is 4. The molecule has 20 heavy (non-hydrogen) atoms. The number of hydrogen-bond acceptors (Lipinski definition) is 4. The van der Waals surface area contributed by atoms with Gasteiger partial charge in [-0.05, 0) is 31.8 Å². The van der Waals surface area contributed by atoms with Crippen molar-refractivity contribution in [3.05, 3.63) is 5.82 Å². The lowest BCUT2D eigenvalue weighted by Crippen LogP contribution is -2.16. The average molecular weight is 314 g/mol. The molecule has 0 bridgehead atoms. The minimum absolute atomic E-state index is 0. The lowest BCUT2D eigenvalue weighted by molar-refractivity contribution is -0.144. The molecule has 0 spiro atoms. The van der Waals surface area contributed by atoms with Gasteiger partial charge >= 0.3 is 6.18 Å². The van der Waals surface area contributed by atoms with Crippen molar-refractivity contribution < 1.29 is 18.0 Å². The number of halogens is 4. The zero-order valence-electron chi connectivity index (χ0n) is 10.5. The molecule has 1 atom stereocenters. The van der Waals surface area contributed by atoms with E-state index in [0.29, 0.717) is 12.3 Å². The Balaban J connectivity index is 0.00000200. The molecule has 2 heterocycles. The van der Waals surface area contributed by atoms with Crippen molar-refractivity contribution in [2.45, 2.75) is 25.4 Å². The molecule has 0 aromatic carbocycles. The Morgan fingerprint density at radius 1 is 1.45 bits per heavy atom. The van der Waals surface area contributed by atoms with E-state index in [2.05, 4.69) is 20.7 Å². The monoisotopic (exact) mass is 313 g/mol. The molecule has 1 aliphatic rings. The van der Waals surface area contributed by atoms with Gasteiger partial charge in [-0.3, -0.25) is 15.2 Å². The zero-order valence-corrected chi connectivity index (χ0v) is 11.3. The standard InChI is InChI=1S/C10H14F3N5O.ClH/c11-10(12,13)8-16-9(18-17-8)15-7(19)2-1-6-3-4-14-5-6;/h6,14H,1-5H2,(H2,15,16,17,18,19);1H. The largest absolute Gasteiger partial charge is 0.451 e. The quantitative estimate of drug-likeness (QED) is 0.788. The normalized spacial score (nSPS) is 18.6. The fourth-order valence-corrected chi connectivity index (χ4v) is 1.93. The summed E-state index contributed by atoms with van der Waals surface area (Å²) in [5.41, 5.74) is 0. The summed E-state index contributed by atoms with van der Waals surface area (Å²) in [6.07, 6.45) is -2.62. The summed E-state index contributed by atoms with van der Waals surface area (Å²) < 4.78 is 36.7. The number of amides is 1. The van der Waals surface area contributed by atoms with E-state index in [4.69, 9.17) is 0 Å². The van der Waals surface area contributed by atoms with Crippen LogP contribution in [0.4, 0.5) is 19.1 Å². The van der Waals surface area contributed by atoms with Crippen LogP contribution in [-0.2, 0) is 11.0 Å². The Bertz CT molecular complexity index is 444. The predicted octanol–water partition coefficient (Wildman–Crippen LogP) is 1.57. The van der Waals surface area contributed by atoms with Crippen molar-refractivity contribution in [3.63, 3.8) is 0 Å². The van der Waals surface area contributed by atoms with Crippen molar-refractivity contribution in [1.29, 1.82) is 0 Å². The van der Waals surface area contributed by atoms with Crippen molar-refractivity contribution in [2.24, 2.45) is 5.92 Å². The van der Waals surface area contributed by atoms with E-state index in [0.717, 1.165) is 19.5 Å². The van der Waals surface area contributed by atoms with E-state index in [1.54, 1.807) is 5.10 Å². The maximum absolute atomic E-state index is 12.2. The molecule has 1 aromatic heterocycles. The molecule has 6 nitrogen and oxygen atoms in total. The smallest absolute Gasteiger partial charge is 0.316 e. The van der Waals surface area contributed by atoms with Gasteiger partial charge in [0.05, 0.1) is 0 Å². The van der Waals surface area contributed by atoms with Gasteiger partial charge in [0, 0.05) is 6.42 Å². The highest BCUT2D eigenvalue weighted by atomic mass is 35.5. The van der Waals surface area contributed by atoms with Gasteiger partial charge in [0.15, 0.2) is 0 Å². The van der Waals surface area contributed by atoms with E-state index in [1.165, 1.54) is 0 Å². The highest BCUT2D eigenvalue weighted by Gasteiger charge is 2.35. The van der Waals surface area contributed by atoms with E-state index in [9.17, 15) is 18.0 Å². The number of anilines is 1. The van der Waals surface area contributed by atoms with Crippen LogP contribution < -0.4 is 10.6 Å². The molecule has 1 saturated heterocycles. The first kappa shape index (κ1) is 16.7. The van der Waals surface area contributed by atoms with Crippen molar-refractivity contribution in [2.75, 3.05) is 18.4 Å². The molecule has 1 aromatic rings. The zero-order chi connectivity index (χ0) is 13.9. The molecular formula is C10H15ClF3N5O. The second-order valence-electron chi connectivity index (χ2n) is 4.45. The Hall–Kier alpha value is -1.35. The molecule has 1 unspecified atom stereocenters. The molecule has 0 radical (unpaired) electrons. The number of aromatic amines is 1. The number of carbonyl (C=O) groups excluding carboxylic acids is 1. The SMILES string of the molecule is Cl.O=C(CCC1CCNC1)Nc1n[nH]c(C(F)(F)F)n1. The summed E-state index contributed by atoms with van der Waals surface area (Å²) in [4.78, 5) is 14.7. The fourth-order valence-electron chi connectivity index (χ4n) is 1.93. The Labute approximate surface area is 119 Å². The molecule has 1 fully saturated rings. The second-order valence-corrected chi connectivity index (χ2v) is 4.45. The van der Waals surface area contributed by atoms with Crippen LogP contribution in [0, 0.1) is 5.92 Å². The maximum atomic E-state index is 12.2. The number of alkyl halides is 3. The van der Waals surface area contributed by atoms with E-state index in [1.807, 2.05) is 0 Å². The second kappa shape index (κ2) is 6.89. The van der Waals surface area contributed by atoms with Crippen molar-refractivity contribution in [3.8, 4) is 0 Å². The van der Waals surface area contributed by atoms with Crippen LogP contribution >= 0.6 is 12.4 Å². The number of nitrogens with zero attached hydrogens (tertiary/aromatic N) is 2. The minimum Gasteiger partial charge on any atom is -0.316 e. The molecule has 10 heteroatoms. The first-order valence-corrected chi connectivity index (χ1v) is 5.95. The Kier molecular flexibility index (Phi) is 5.75. The van der Waals surface area contributed by atoms with Gasteiger partial charge in [-0.15, -0.1) is 17.5 Å². The molecule has 0 saturated carbocycles. The van der Waals surface area contributed by atoms with Crippen molar-refractivity contribution in [1.82, 2.24) is 20.5 Å². The summed E-state index contributed by atoms with van der Waals surface area (Å²) in [5, 5.41) is 10.5. The van der Waals surface area contributed by atoms with E-state index in [-0.39, 0.29) is 30.7 Å². The number of nitrogens with one attached hydrogen (secondary N) is 3. The first-order valence-electron chi connectivity index (χ1n) is 5.95. The van der Waals surface area contributed by atoms with Crippen LogP contribution in [0.1, 0.15) is 25.1 Å².